The molecule has 4 rings (SSSR count). The molecule has 0 N–H and O–H groups in total. The highest BCUT2D eigenvalue weighted by Gasteiger charge is 2.19. The van der Waals surface area contributed by atoms with E-state index in [2.05, 4.69) is 0 Å². The normalized spacial score (nSPS) is 10.9. The van der Waals surface area contributed by atoms with E-state index >= 15 is 0 Å². The molecule has 0 radical (unpaired) electrons. The second-order valence-corrected chi connectivity index (χ2v) is 7.09. The van der Waals surface area contributed by atoms with E-state index in [1.54, 1.807) is 30.3 Å². The van der Waals surface area contributed by atoms with E-state index in [4.69, 9.17) is 9.15 Å². The van der Waals surface area contributed by atoms with Gasteiger partial charge in [0.05, 0.1) is 10.3 Å². The number of ketones is 1. The molecule has 0 aliphatic carbocycles. The summed E-state index contributed by atoms with van der Waals surface area (Å²) in [4.78, 5) is 25.9. The lowest BCUT2D eigenvalue weighted by atomic mass is 10.1. The first kappa shape index (κ1) is 17.2. The highest BCUT2D eigenvalue weighted by molar-refractivity contribution is 7.12. The Bertz CT molecular complexity index is 1160. The summed E-state index contributed by atoms with van der Waals surface area (Å²) >= 11 is 1.34. The molecule has 134 valence electrons. The summed E-state index contributed by atoms with van der Waals surface area (Å²) in [7, 11) is 0. The first-order valence-electron chi connectivity index (χ1n) is 8.46. The first-order valence-corrected chi connectivity index (χ1v) is 9.34. The van der Waals surface area contributed by atoms with Crippen LogP contribution in [0.1, 0.15) is 15.2 Å². The van der Waals surface area contributed by atoms with E-state index in [0.29, 0.717) is 21.6 Å². The van der Waals surface area contributed by atoms with E-state index in [1.165, 1.54) is 11.3 Å². The van der Waals surface area contributed by atoms with Gasteiger partial charge >= 0.3 is 0 Å². The number of thiophene rings is 1. The van der Waals surface area contributed by atoms with Crippen molar-refractivity contribution in [1.82, 2.24) is 0 Å². The SMILES string of the molecule is Cc1ccc(-c2oc3ccccc3c(=O)c2OCC(=O)c2cccs2)cc1. The number of Topliss-reactive ketones (excluding diaryl/α,β-unsaturated/α-hetero) is 1. The first-order chi connectivity index (χ1) is 13.1. The molecule has 4 nitrogen and oxygen atoms in total. The van der Waals surface area contributed by atoms with E-state index < -0.39 is 0 Å². The van der Waals surface area contributed by atoms with Crippen molar-refractivity contribution >= 4 is 28.1 Å². The van der Waals surface area contributed by atoms with Crippen LogP contribution in [0.15, 0.2) is 75.3 Å². The lowest BCUT2D eigenvalue weighted by Gasteiger charge is -2.11. The highest BCUT2D eigenvalue weighted by atomic mass is 32.1. The van der Waals surface area contributed by atoms with Crippen LogP contribution in [-0.4, -0.2) is 12.4 Å². The fourth-order valence-electron chi connectivity index (χ4n) is 2.80. The van der Waals surface area contributed by atoms with Crippen molar-refractivity contribution in [3.05, 3.63) is 86.7 Å². The summed E-state index contributed by atoms with van der Waals surface area (Å²) < 4.78 is 11.7. The van der Waals surface area contributed by atoms with Crippen molar-refractivity contribution in [2.75, 3.05) is 6.61 Å². The molecular weight excluding hydrogens is 360 g/mol. The molecule has 0 saturated heterocycles. The summed E-state index contributed by atoms with van der Waals surface area (Å²) in [6, 6.07) is 18.2. The number of carbonyl (C=O) groups excluding carboxylic acids is 1. The molecule has 4 aromatic rings. The third-order valence-electron chi connectivity index (χ3n) is 4.21. The van der Waals surface area contributed by atoms with Gasteiger partial charge in [-0.25, -0.2) is 0 Å². The minimum atomic E-state index is -0.286. The molecule has 2 aromatic heterocycles. The molecule has 0 unspecified atom stereocenters. The van der Waals surface area contributed by atoms with Gasteiger partial charge in [0.2, 0.25) is 17.0 Å². The van der Waals surface area contributed by atoms with Crippen LogP contribution in [0.5, 0.6) is 5.75 Å². The molecule has 0 saturated carbocycles. The molecule has 0 aliphatic heterocycles. The van der Waals surface area contributed by atoms with Crippen molar-refractivity contribution in [1.29, 1.82) is 0 Å². The van der Waals surface area contributed by atoms with Gasteiger partial charge < -0.3 is 9.15 Å². The number of aryl methyl sites for hydroxylation is 1. The predicted octanol–water partition coefficient (Wildman–Crippen LogP) is 5.09. The topological polar surface area (TPSA) is 56.5 Å². The molecule has 0 spiro atoms. The number of hydrogen-bond acceptors (Lipinski definition) is 5. The Morgan fingerprint density at radius 3 is 2.56 bits per heavy atom. The smallest absolute Gasteiger partial charge is 0.235 e. The van der Waals surface area contributed by atoms with Gasteiger partial charge in [0.1, 0.15) is 5.58 Å². The molecule has 0 bridgehead atoms. The van der Waals surface area contributed by atoms with Crippen molar-refractivity contribution in [3.8, 4) is 17.1 Å². The van der Waals surface area contributed by atoms with E-state index in [0.717, 1.165) is 11.1 Å². The van der Waals surface area contributed by atoms with Crippen LogP contribution in [0.2, 0.25) is 0 Å². The molecular formula is C22H16O4S. The van der Waals surface area contributed by atoms with Crippen molar-refractivity contribution < 1.29 is 13.9 Å². The monoisotopic (exact) mass is 376 g/mol. The number of hydrogen-bond donors (Lipinski definition) is 0. The Kier molecular flexibility index (Phi) is 4.60. The van der Waals surface area contributed by atoms with Crippen LogP contribution in [-0.2, 0) is 0 Å². The molecule has 27 heavy (non-hydrogen) atoms. The van der Waals surface area contributed by atoms with E-state index in [1.807, 2.05) is 42.6 Å². The third-order valence-corrected chi connectivity index (χ3v) is 5.12. The summed E-state index contributed by atoms with van der Waals surface area (Å²) in [5.74, 6) is 0.215. The van der Waals surface area contributed by atoms with Gasteiger partial charge in [0, 0.05) is 5.56 Å². The zero-order valence-corrected chi connectivity index (χ0v) is 15.4. The maximum absolute atomic E-state index is 13.0. The maximum Gasteiger partial charge on any atom is 0.235 e. The number of ether oxygens (including phenoxy) is 1. The summed E-state index contributed by atoms with van der Waals surface area (Å²) in [5.41, 5.74) is 2.01. The largest absolute Gasteiger partial charge is 0.478 e. The molecule has 2 aromatic carbocycles. The molecule has 5 heteroatoms. The minimum Gasteiger partial charge on any atom is -0.478 e. The number of rotatable bonds is 5. The number of fused-ring (bicyclic) bond motifs is 1. The van der Waals surface area contributed by atoms with Crippen molar-refractivity contribution in [2.24, 2.45) is 0 Å². The predicted molar refractivity (Wildman–Crippen MR) is 107 cm³/mol. The number of para-hydroxylation sites is 1. The van der Waals surface area contributed by atoms with Crippen LogP contribution in [0.25, 0.3) is 22.3 Å². The second-order valence-electron chi connectivity index (χ2n) is 6.14. The molecule has 0 atom stereocenters. The average molecular weight is 376 g/mol. The average Bonchev–Trinajstić information content (AvgIpc) is 3.22. The Morgan fingerprint density at radius 2 is 1.81 bits per heavy atom. The Morgan fingerprint density at radius 1 is 1.04 bits per heavy atom. The summed E-state index contributed by atoms with van der Waals surface area (Å²) in [6.07, 6.45) is 0. The van der Waals surface area contributed by atoms with Gasteiger partial charge in [0.15, 0.2) is 12.4 Å². The quantitative estimate of drug-likeness (QED) is 0.455. The lowest BCUT2D eigenvalue weighted by Crippen LogP contribution is -2.16. The fourth-order valence-corrected chi connectivity index (χ4v) is 3.45. The van der Waals surface area contributed by atoms with Gasteiger partial charge in [-0.2, -0.15) is 0 Å². The van der Waals surface area contributed by atoms with E-state index in [-0.39, 0.29) is 23.6 Å². The Hall–Kier alpha value is -3.18. The molecule has 2 heterocycles. The van der Waals surface area contributed by atoms with Gasteiger partial charge in [0.25, 0.3) is 0 Å². The fraction of sp³-hybridized carbons (Fsp3) is 0.0909. The molecule has 0 aliphatic rings. The van der Waals surface area contributed by atoms with Gasteiger partial charge in [-0.3, -0.25) is 9.59 Å². The second kappa shape index (κ2) is 7.21. The van der Waals surface area contributed by atoms with Gasteiger partial charge in [-0.15, -0.1) is 11.3 Å². The van der Waals surface area contributed by atoms with Crippen LogP contribution in [0.4, 0.5) is 0 Å². The van der Waals surface area contributed by atoms with E-state index in [9.17, 15) is 9.59 Å². The zero-order valence-electron chi connectivity index (χ0n) is 14.6. The molecule has 0 fully saturated rings. The number of carbonyl (C=O) groups is 1. The zero-order chi connectivity index (χ0) is 18.8. The van der Waals surface area contributed by atoms with Crippen molar-refractivity contribution in [2.45, 2.75) is 6.92 Å². The Balaban J connectivity index is 1.80. The summed E-state index contributed by atoms with van der Waals surface area (Å²) in [5, 5.41) is 2.25. The van der Waals surface area contributed by atoms with Gasteiger partial charge in [-0.1, -0.05) is 48.0 Å². The Labute approximate surface area is 159 Å². The van der Waals surface area contributed by atoms with Gasteiger partial charge in [-0.05, 0) is 30.5 Å². The van der Waals surface area contributed by atoms with Crippen LogP contribution < -0.4 is 10.2 Å². The van der Waals surface area contributed by atoms with Crippen LogP contribution >= 0.6 is 11.3 Å². The van der Waals surface area contributed by atoms with Crippen molar-refractivity contribution in [3.63, 3.8) is 0 Å². The van der Waals surface area contributed by atoms with Crippen LogP contribution in [0, 0.1) is 6.92 Å². The molecule has 0 amide bonds. The third kappa shape index (κ3) is 3.41. The lowest BCUT2D eigenvalue weighted by molar-refractivity contribution is 0.0924. The minimum absolute atomic E-state index is 0.0578. The van der Waals surface area contributed by atoms with Crippen LogP contribution in [0.3, 0.4) is 0 Å². The number of benzene rings is 2. The highest BCUT2D eigenvalue weighted by Crippen LogP contribution is 2.31. The standard InChI is InChI=1S/C22H16O4S/c1-14-8-10-15(11-9-14)21-22(25-13-17(23)19-7-4-12-27-19)20(24)16-5-2-3-6-18(16)26-21/h2-12H,13H2,1H3. The maximum atomic E-state index is 13.0. The summed E-state index contributed by atoms with van der Waals surface area (Å²) in [6.45, 7) is 1.76.